The van der Waals surface area contributed by atoms with Gasteiger partial charge in [0.25, 0.3) is 0 Å². The van der Waals surface area contributed by atoms with Crippen LogP contribution in [0.1, 0.15) is 38.4 Å². The molecule has 0 saturated carbocycles. The predicted octanol–water partition coefficient (Wildman–Crippen LogP) is 3.30. The van der Waals surface area contributed by atoms with Gasteiger partial charge in [-0.15, -0.1) is 11.8 Å². The Morgan fingerprint density at radius 2 is 2.31 bits per heavy atom. The van der Waals surface area contributed by atoms with Crippen molar-refractivity contribution in [3.63, 3.8) is 0 Å². The third-order valence-electron chi connectivity index (χ3n) is 2.23. The van der Waals surface area contributed by atoms with Crippen molar-refractivity contribution in [3.05, 3.63) is 28.5 Å². The van der Waals surface area contributed by atoms with Crippen LogP contribution in [0.3, 0.4) is 0 Å². The summed E-state index contributed by atoms with van der Waals surface area (Å²) in [6.45, 7) is 5.02. The molecule has 86 valence electrons. The molecule has 1 unspecified atom stereocenters. The molecule has 0 bridgehead atoms. The van der Waals surface area contributed by atoms with Gasteiger partial charge >= 0.3 is 0 Å². The van der Waals surface area contributed by atoms with Gasteiger partial charge in [-0.1, -0.05) is 6.92 Å². The second kappa shape index (κ2) is 7.43. The zero-order valence-corrected chi connectivity index (χ0v) is 11.3. The molecule has 0 aliphatic rings. The lowest BCUT2D eigenvalue weighted by Crippen LogP contribution is -2.22. The Labute approximate surface area is 106 Å². The van der Waals surface area contributed by atoms with Gasteiger partial charge in [0.2, 0.25) is 0 Å². The summed E-state index contributed by atoms with van der Waals surface area (Å²) in [6.07, 6.45) is 3.76. The summed E-state index contributed by atoms with van der Waals surface area (Å²) in [4.78, 5) is 4.41. The maximum absolute atomic E-state index is 4.41. The zero-order valence-electron chi connectivity index (χ0n) is 9.76. The Morgan fingerprint density at radius 3 is 2.88 bits per heavy atom. The molecule has 0 fully saturated rings. The van der Waals surface area contributed by atoms with E-state index in [1.165, 1.54) is 0 Å². The molecule has 1 N–H and O–H groups in total. The fourth-order valence-electron chi connectivity index (χ4n) is 1.40. The number of rotatable bonds is 5. The van der Waals surface area contributed by atoms with Gasteiger partial charge in [-0.3, -0.25) is 4.98 Å². The predicted molar refractivity (Wildman–Crippen MR) is 71.0 cm³/mol. The summed E-state index contributed by atoms with van der Waals surface area (Å²) in [5.74, 6) is 6.03. The van der Waals surface area contributed by atoms with Crippen LogP contribution >= 0.6 is 15.9 Å². The van der Waals surface area contributed by atoms with Gasteiger partial charge < -0.3 is 5.32 Å². The second-order valence-corrected chi connectivity index (χ2v) is 4.45. The highest BCUT2D eigenvalue weighted by atomic mass is 79.9. The minimum atomic E-state index is 0.237. The fraction of sp³-hybridized carbons (Fsp3) is 0.462. The minimum Gasteiger partial charge on any atom is -0.308 e. The average molecular weight is 281 g/mol. The summed E-state index contributed by atoms with van der Waals surface area (Å²) in [5, 5.41) is 3.46. The first kappa shape index (κ1) is 13.2. The normalized spacial score (nSPS) is 11.7. The molecule has 1 rings (SSSR count). The van der Waals surface area contributed by atoms with Crippen molar-refractivity contribution < 1.29 is 0 Å². The maximum Gasteiger partial charge on any atom is 0.0605 e. The van der Waals surface area contributed by atoms with Gasteiger partial charge in [0.05, 0.1) is 11.7 Å². The monoisotopic (exact) mass is 280 g/mol. The summed E-state index contributed by atoms with van der Waals surface area (Å²) < 4.78 is 1.01. The van der Waals surface area contributed by atoms with E-state index in [0.717, 1.165) is 29.6 Å². The Balaban J connectivity index is 2.72. The van der Waals surface area contributed by atoms with E-state index in [9.17, 15) is 0 Å². The standard InChI is InChI=1S/C13H17BrN2/c1-3-5-6-12(15-9-4-2)13-8-7-11(14)10-16-13/h7-8,10,12,15H,4,6,9H2,1-2H3. The van der Waals surface area contributed by atoms with E-state index in [1.807, 2.05) is 25.3 Å². The van der Waals surface area contributed by atoms with E-state index < -0.39 is 0 Å². The van der Waals surface area contributed by atoms with Crippen molar-refractivity contribution in [1.82, 2.24) is 10.3 Å². The molecule has 0 radical (unpaired) electrons. The first-order valence-corrected chi connectivity index (χ1v) is 6.31. The summed E-state index contributed by atoms with van der Waals surface area (Å²) in [6, 6.07) is 4.29. The number of hydrogen-bond acceptors (Lipinski definition) is 2. The average Bonchev–Trinajstić information content (AvgIpc) is 2.31. The SMILES string of the molecule is CC#CCC(NCCC)c1ccc(Br)cn1. The summed E-state index contributed by atoms with van der Waals surface area (Å²) in [5.41, 5.74) is 1.06. The molecule has 16 heavy (non-hydrogen) atoms. The molecule has 0 aliphatic heterocycles. The Kier molecular flexibility index (Phi) is 6.14. The number of pyridine rings is 1. The first-order valence-electron chi connectivity index (χ1n) is 5.52. The molecule has 0 aromatic carbocycles. The van der Waals surface area contributed by atoms with Crippen LogP contribution in [0.25, 0.3) is 0 Å². The molecule has 0 spiro atoms. The minimum absolute atomic E-state index is 0.237. The van der Waals surface area contributed by atoms with Crippen molar-refractivity contribution >= 4 is 15.9 Å². The van der Waals surface area contributed by atoms with Crippen LogP contribution in [-0.2, 0) is 0 Å². The highest BCUT2D eigenvalue weighted by Gasteiger charge is 2.10. The van der Waals surface area contributed by atoms with Crippen LogP contribution in [-0.4, -0.2) is 11.5 Å². The first-order chi connectivity index (χ1) is 7.77. The number of halogens is 1. The lowest BCUT2D eigenvalue weighted by atomic mass is 10.1. The number of nitrogens with zero attached hydrogens (tertiary/aromatic N) is 1. The summed E-state index contributed by atoms with van der Waals surface area (Å²) in [7, 11) is 0. The van der Waals surface area contributed by atoms with E-state index in [0.29, 0.717) is 0 Å². The molecule has 1 atom stereocenters. The van der Waals surface area contributed by atoms with Crippen molar-refractivity contribution in [2.24, 2.45) is 0 Å². The molecule has 1 aromatic heterocycles. The quantitative estimate of drug-likeness (QED) is 0.838. The lowest BCUT2D eigenvalue weighted by Gasteiger charge is -2.15. The van der Waals surface area contributed by atoms with E-state index >= 15 is 0 Å². The Bertz CT molecular complexity index is 362. The van der Waals surface area contributed by atoms with E-state index in [1.54, 1.807) is 0 Å². The van der Waals surface area contributed by atoms with Crippen LogP contribution in [0, 0.1) is 11.8 Å². The van der Waals surface area contributed by atoms with E-state index in [2.05, 4.69) is 45.0 Å². The largest absolute Gasteiger partial charge is 0.308 e. The van der Waals surface area contributed by atoms with Crippen LogP contribution < -0.4 is 5.32 Å². The van der Waals surface area contributed by atoms with Crippen LogP contribution in [0.5, 0.6) is 0 Å². The van der Waals surface area contributed by atoms with Crippen molar-refractivity contribution in [2.75, 3.05) is 6.54 Å². The second-order valence-electron chi connectivity index (χ2n) is 3.54. The molecule has 1 aromatic rings. The zero-order chi connectivity index (χ0) is 11.8. The van der Waals surface area contributed by atoms with Crippen molar-refractivity contribution in [1.29, 1.82) is 0 Å². The third-order valence-corrected chi connectivity index (χ3v) is 2.70. The van der Waals surface area contributed by atoms with Crippen molar-refractivity contribution in [2.45, 2.75) is 32.7 Å². The smallest absolute Gasteiger partial charge is 0.0605 e. The maximum atomic E-state index is 4.41. The third kappa shape index (κ3) is 4.34. The number of hydrogen-bond donors (Lipinski definition) is 1. The van der Waals surface area contributed by atoms with Crippen LogP contribution in [0.4, 0.5) is 0 Å². The fourth-order valence-corrected chi connectivity index (χ4v) is 1.63. The number of nitrogens with one attached hydrogen (secondary N) is 1. The van der Waals surface area contributed by atoms with Crippen LogP contribution in [0.2, 0.25) is 0 Å². The molecule has 0 amide bonds. The van der Waals surface area contributed by atoms with Crippen LogP contribution in [0.15, 0.2) is 22.8 Å². The Hall–Kier alpha value is -0.850. The van der Waals surface area contributed by atoms with Gasteiger partial charge in [-0.2, -0.15) is 0 Å². The number of aromatic nitrogens is 1. The van der Waals surface area contributed by atoms with Gasteiger partial charge in [-0.05, 0) is 48.0 Å². The van der Waals surface area contributed by atoms with Gasteiger partial charge in [0.1, 0.15) is 0 Å². The van der Waals surface area contributed by atoms with E-state index in [4.69, 9.17) is 0 Å². The van der Waals surface area contributed by atoms with Gasteiger partial charge in [-0.25, -0.2) is 0 Å². The van der Waals surface area contributed by atoms with Gasteiger partial charge in [0, 0.05) is 17.1 Å². The molecular formula is C13H17BrN2. The van der Waals surface area contributed by atoms with E-state index in [-0.39, 0.29) is 6.04 Å². The molecule has 0 aliphatic carbocycles. The van der Waals surface area contributed by atoms with Crippen molar-refractivity contribution in [3.8, 4) is 11.8 Å². The van der Waals surface area contributed by atoms with Gasteiger partial charge in [0.15, 0.2) is 0 Å². The molecular weight excluding hydrogens is 264 g/mol. The molecule has 3 heteroatoms. The summed E-state index contributed by atoms with van der Waals surface area (Å²) >= 11 is 3.39. The highest BCUT2D eigenvalue weighted by molar-refractivity contribution is 9.10. The molecule has 2 nitrogen and oxygen atoms in total. The molecule has 0 saturated heterocycles. The Morgan fingerprint density at radius 1 is 1.50 bits per heavy atom. The molecule has 1 heterocycles. The highest BCUT2D eigenvalue weighted by Crippen LogP contribution is 2.16. The lowest BCUT2D eigenvalue weighted by molar-refractivity contribution is 0.530. The topological polar surface area (TPSA) is 24.9 Å².